The van der Waals surface area contributed by atoms with Gasteiger partial charge in [-0.1, -0.05) is 12.1 Å². The number of likely N-dealkylation sites (N-methyl/N-ethyl adjacent to an activating group) is 1. The van der Waals surface area contributed by atoms with Gasteiger partial charge < -0.3 is 14.8 Å². The predicted octanol–water partition coefficient (Wildman–Crippen LogP) is 2.81. The molecular weight excluding hydrogens is 264 g/mol. The highest BCUT2D eigenvalue weighted by Gasteiger charge is 2.19. The number of nitrogens with one attached hydrogen (secondary N) is 1. The van der Waals surface area contributed by atoms with E-state index in [1.54, 1.807) is 13.1 Å². The fourth-order valence-corrected chi connectivity index (χ4v) is 2.37. The highest BCUT2D eigenvalue weighted by atomic mass is 19.2. The van der Waals surface area contributed by atoms with Gasteiger partial charge in [-0.05, 0) is 32.4 Å². The van der Waals surface area contributed by atoms with Crippen LogP contribution in [0.25, 0.3) is 0 Å². The summed E-state index contributed by atoms with van der Waals surface area (Å²) < 4.78 is 38.1. The second-order valence-corrected chi connectivity index (χ2v) is 5.01. The van der Waals surface area contributed by atoms with Gasteiger partial charge in [-0.15, -0.1) is 0 Å². The van der Waals surface area contributed by atoms with E-state index < -0.39 is 11.6 Å². The molecule has 1 N–H and O–H groups in total. The van der Waals surface area contributed by atoms with E-state index in [0.717, 1.165) is 31.9 Å². The van der Waals surface area contributed by atoms with Crippen molar-refractivity contribution in [3.05, 3.63) is 35.4 Å². The minimum atomic E-state index is -0.835. The smallest absolute Gasteiger partial charge is 0.163 e. The Morgan fingerprint density at radius 3 is 2.95 bits per heavy atom. The van der Waals surface area contributed by atoms with E-state index in [2.05, 4.69) is 5.32 Å². The average Bonchev–Trinajstić information content (AvgIpc) is 2.48. The van der Waals surface area contributed by atoms with Crippen molar-refractivity contribution in [3.8, 4) is 0 Å². The molecule has 0 aromatic heterocycles. The first kappa shape index (κ1) is 15.4. The molecule has 20 heavy (non-hydrogen) atoms. The third-order valence-corrected chi connectivity index (χ3v) is 3.57. The van der Waals surface area contributed by atoms with E-state index in [1.807, 2.05) is 0 Å². The molecule has 0 spiro atoms. The van der Waals surface area contributed by atoms with Crippen LogP contribution in [0.4, 0.5) is 8.78 Å². The molecule has 5 heteroatoms. The zero-order valence-electron chi connectivity index (χ0n) is 11.7. The SMILES string of the molecule is CNC(COCC1CCCCO1)c1cccc(F)c1F. The molecule has 2 atom stereocenters. The predicted molar refractivity (Wildman–Crippen MR) is 72.6 cm³/mol. The van der Waals surface area contributed by atoms with Gasteiger partial charge in [0.1, 0.15) is 0 Å². The fourth-order valence-electron chi connectivity index (χ4n) is 2.37. The highest BCUT2D eigenvalue weighted by molar-refractivity contribution is 5.22. The summed E-state index contributed by atoms with van der Waals surface area (Å²) in [5.41, 5.74) is 0.289. The molecule has 1 heterocycles. The van der Waals surface area contributed by atoms with Gasteiger partial charge in [0.15, 0.2) is 11.6 Å². The lowest BCUT2D eigenvalue weighted by Crippen LogP contribution is -2.28. The van der Waals surface area contributed by atoms with E-state index in [9.17, 15) is 8.78 Å². The minimum Gasteiger partial charge on any atom is -0.377 e. The third kappa shape index (κ3) is 3.98. The van der Waals surface area contributed by atoms with Crippen molar-refractivity contribution in [1.29, 1.82) is 0 Å². The Kier molecular flexibility index (Phi) is 5.88. The van der Waals surface area contributed by atoms with Crippen molar-refractivity contribution >= 4 is 0 Å². The van der Waals surface area contributed by atoms with Crippen LogP contribution in [0, 0.1) is 11.6 Å². The molecule has 2 unspecified atom stereocenters. The Bertz CT molecular complexity index is 422. The number of rotatable bonds is 6. The lowest BCUT2D eigenvalue weighted by Gasteiger charge is -2.24. The van der Waals surface area contributed by atoms with Gasteiger partial charge in [-0.2, -0.15) is 0 Å². The fraction of sp³-hybridized carbons (Fsp3) is 0.600. The normalized spacial score (nSPS) is 20.9. The van der Waals surface area contributed by atoms with E-state index in [-0.39, 0.29) is 24.3 Å². The molecule has 112 valence electrons. The Labute approximate surface area is 118 Å². The van der Waals surface area contributed by atoms with Gasteiger partial charge in [0.2, 0.25) is 0 Å². The Morgan fingerprint density at radius 1 is 1.40 bits per heavy atom. The molecule has 2 rings (SSSR count). The molecule has 0 bridgehead atoms. The van der Waals surface area contributed by atoms with Crippen LogP contribution in [0.3, 0.4) is 0 Å². The van der Waals surface area contributed by atoms with Crippen LogP contribution in [0.15, 0.2) is 18.2 Å². The van der Waals surface area contributed by atoms with Crippen molar-refractivity contribution in [2.45, 2.75) is 31.4 Å². The van der Waals surface area contributed by atoms with Crippen molar-refractivity contribution in [2.75, 3.05) is 26.9 Å². The number of benzene rings is 1. The minimum absolute atomic E-state index is 0.124. The van der Waals surface area contributed by atoms with Crippen molar-refractivity contribution in [3.63, 3.8) is 0 Å². The second kappa shape index (κ2) is 7.67. The zero-order chi connectivity index (χ0) is 14.4. The molecule has 0 radical (unpaired) electrons. The van der Waals surface area contributed by atoms with E-state index in [1.165, 1.54) is 6.07 Å². The molecule has 1 aromatic rings. The Balaban J connectivity index is 1.87. The zero-order valence-corrected chi connectivity index (χ0v) is 11.7. The van der Waals surface area contributed by atoms with Crippen molar-refractivity contribution in [1.82, 2.24) is 5.32 Å². The summed E-state index contributed by atoms with van der Waals surface area (Å²) in [5, 5.41) is 2.95. The van der Waals surface area contributed by atoms with Gasteiger partial charge in [0, 0.05) is 12.2 Å². The maximum absolute atomic E-state index is 13.7. The lowest BCUT2D eigenvalue weighted by atomic mass is 10.1. The van der Waals surface area contributed by atoms with E-state index >= 15 is 0 Å². The number of hydrogen-bond donors (Lipinski definition) is 1. The van der Waals surface area contributed by atoms with E-state index in [4.69, 9.17) is 9.47 Å². The van der Waals surface area contributed by atoms with Gasteiger partial charge in [0.25, 0.3) is 0 Å². The molecule has 0 aliphatic carbocycles. The standard InChI is InChI=1S/C15H21F2NO2/c1-18-14(12-6-4-7-13(16)15(12)17)10-19-9-11-5-2-3-8-20-11/h4,6-7,11,14,18H,2-3,5,8-10H2,1H3. The molecule has 0 saturated carbocycles. The van der Waals surface area contributed by atoms with E-state index in [0.29, 0.717) is 6.61 Å². The second-order valence-electron chi connectivity index (χ2n) is 5.01. The van der Waals surface area contributed by atoms with Crippen LogP contribution in [-0.2, 0) is 9.47 Å². The summed E-state index contributed by atoms with van der Waals surface area (Å²) in [6.45, 7) is 1.56. The number of hydrogen-bond acceptors (Lipinski definition) is 3. The van der Waals surface area contributed by atoms with Gasteiger partial charge in [0.05, 0.1) is 25.4 Å². The Morgan fingerprint density at radius 2 is 2.25 bits per heavy atom. The first-order chi connectivity index (χ1) is 9.72. The molecule has 1 fully saturated rings. The van der Waals surface area contributed by atoms with Crippen molar-refractivity contribution < 1.29 is 18.3 Å². The largest absolute Gasteiger partial charge is 0.377 e. The van der Waals surface area contributed by atoms with Gasteiger partial charge in [-0.25, -0.2) is 8.78 Å². The van der Waals surface area contributed by atoms with Gasteiger partial charge in [-0.3, -0.25) is 0 Å². The molecule has 1 aliphatic heterocycles. The lowest BCUT2D eigenvalue weighted by molar-refractivity contribution is -0.0441. The molecule has 1 aliphatic rings. The third-order valence-electron chi connectivity index (χ3n) is 3.57. The van der Waals surface area contributed by atoms with Crippen LogP contribution in [0.2, 0.25) is 0 Å². The first-order valence-corrected chi connectivity index (χ1v) is 7.03. The maximum Gasteiger partial charge on any atom is 0.163 e. The summed E-state index contributed by atoms with van der Waals surface area (Å²) in [5.74, 6) is -1.65. The summed E-state index contributed by atoms with van der Waals surface area (Å²) in [7, 11) is 1.70. The van der Waals surface area contributed by atoms with Crippen LogP contribution in [0.5, 0.6) is 0 Å². The summed E-state index contributed by atoms with van der Waals surface area (Å²) >= 11 is 0. The van der Waals surface area contributed by atoms with Crippen LogP contribution >= 0.6 is 0 Å². The molecular formula is C15H21F2NO2. The molecule has 3 nitrogen and oxygen atoms in total. The number of ether oxygens (including phenoxy) is 2. The summed E-state index contributed by atoms with van der Waals surface area (Å²) in [6, 6.07) is 3.82. The summed E-state index contributed by atoms with van der Waals surface area (Å²) in [4.78, 5) is 0. The maximum atomic E-state index is 13.7. The van der Waals surface area contributed by atoms with Crippen LogP contribution < -0.4 is 5.32 Å². The number of halogens is 2. The monoisotopic (exact) mass is 285 g/mol. The topological polar surface area (TPSA) is 30.5 Å². The first-order valence-electron chi connectivity index (χ1n) is 7.03. The van der Waals surface area contributed by atoms with Crippen LogP contribution in [-0.4, -0.2) is 33.0 Å². The van der Waals surface area contributed by atoms with Crippen LogP contribution in [0.1, 0.15) is 30.9 Å². The quantitative estimate of drug-likeness (QED) is 0.872. The highest BCUT2D eigenvalue weighted by Crippen LogP contribution is 2.20. The summed E-state index contributed by atoms with van der Waals surface area (Å²) in [6.07, 6.45) is 3.38. The Hall–Kier alpha value is -1.04. The van der Waals surface area contributed by atoms with Gasteiger partial charge >= 0.3 is 0 Å². The molecule has 0 amide bonds. The molecule has 1 aromatic carbocycles. The van der Waals surface area contributed by atoms with Crippen molar-refractivity contribution in [2.24, 2.45) is 0 Å². The molecule has 1 saturated heterocycles. The average molecular weight is 285 g/mol.